The number of rotatable bonds is 3. The topological polar surface area (TPSA) is 72.2 Å². The van der Waals surface area contributed by atoms with E-state index in [2.05, 4.69) is 20.7 Å². The molecule has 0 unspecified atom stereocenters. The van der Waals surface area contributed by atoms with Crippen LogP contribution >= 0.6 is 27.3 Å². The molecule has 0 aliphatic rings. The van der Waals surface area contributed by atoms with E-state index in [4.69, 9.17) is 5.73 Å². The summed E-state index contributed by atoms with van der Waals surface area (Å²) < 4.78 is 39.9. The van der Waals surface area contributed by atoms with E-state index in [1.807, 2.05) is 0 Å². The van der Waals surface area contributed by atoms with Crippen molar-refractivity contribution < 1.29 is 12.8 Å². The van der Waals surface area contributed by atoms with Gasteiger partial charge in [-0.05, 0) is 45.6 Å². The molecule has 1 heterocycles. The zero-order valence-electron chi connectivity index (χ0n) is 8.85. The van der Waals surface area contributed by atoms with Crippen LogP contribution in [0.3, 0.4) is 0 Å². The summed E-state index contributed by atoms with van der Waals surface area (Å²) in [5.41, 5.74) is 5.73. The number of hydrogen-bond donors (Lipinski definition) is 2. The summed E-state index contributed by atoms with van der Waals surface area (Å²) in [5, 5.41) is 1.65. The van der Waals surface area contributed by atoms with E-state index in [1.165, 1.54) is 6.07 Å². The maximum absolute atomic E-state index is 12.9. The second-order valence-corrected chi connectivity index (χ2v) is 7.04. The molecule has 18 heavy (non-hydrogen) atoms. The molecule has 96 valence electrons. The average Bonchev–Trinajstić information content (AvgIpc) is 2.69. The first-order valence-corrected chi connectivity index (χ1v) is 7.86. The van der Waals surface area contributed by atoms with Gasteiger partial charge in [0.1, 0.15) is 5.82 Å². The Balaban J connectivity index is 2.37. The van der Waals surface area contributed by atoms with Crippen LogP contribution in [-0.2, 0) is 10.0 Å². The molecule has 2 aromatic rings. The van der Waals surface area contributed by atoms with E-state index in [1.54, 1.807) is 11.4 Å². The monoisotopic (exact) mass is 350 g/mol. The first-order chi connectivity index (χ1) is 8.40. The van der Waals surface area contributed by atoms with E-state index in [0.717, 1.165) is 23.5 Å². The molecular formula is C10H8BrFN2O2S2. The molecule has 2 rings (SSSR count). The maximum atomic E-state index is 12.9. The summed E-state index contributed by atoms with van der Waals surface area (Å²) in [6, 6.07) is 5.11. The Hall–Kier alpha value is -1.12. The van der Waals surface area contributed by atoms with E-state index < -0.39 is 15.8 Å². The first-order valence-electron chi connectivity index (χ1n) is 4.71. The number of nitrogen functional groups attached to an aromatic ring is 1. The third-order valence-electron chi connectivity index (χ3n) is 2.09. The number of hydrogen-bond acceptors (Lipinski definition) is 4. The summed E-state index contributed by atoms with van der Waals surface area (Å²) in [6.07, 6.45) is 0. The number of sulfonamides is 1. The largest absolute Gasteiger partial charge is 0.397 e. The molecule has 0 radical (unpaired) electrons. The van der Waals surface area contributed by atoms with E-state index in [-0.39, 0.29) is 15.6 Å². The summed E-state index contributed by atoms with van der Waals surface area (Å²) in [7, 11) is -3.72. The highest BCUT2D eigenvalue weighted by Gasteiger charge is 2.20. The van der Waals surface area contributed by atoms with Crippen LogP contribution in [0.15, 0.2) is 38.3 Å². The predicted octanol–water partition coefficient (Wildman–Crippen LogP) is 3.03. The van der Waals surface area contributed by atoms with Crippen molar-refractivity contribution in [3.63, 3.8) is 0 Å². The van der Waals surface area contributed by atoms with Gasteiger partial charge in [0, 0.05) is 4.47 Å². The van der Waals surface area contributed by atoms with E-state index >= 15 is 0 Å². The van der Waals surface area contributed by atoms with Crippen molar-refractivity contribution in [1.82, 2.24) is 0 Å². The van der Waals surface area contributed by atoms with Crippen molar-refractivity contribution in [1.29, 1.82) is 0 Å². The van der Waals surface area contributed by atoms with E-state index in [0.29, 0.717) is 4.47 Å². The van der Waals surface area contributed by atoms with Gasteiger partial charge >= 0.3 is 0 Å². The smallest absolute Gasteiger partial charge is 0.272 e. The van der Waals surface area contributed by atoms with Crippen LogP contribution in [-0.4, -0.2) is 8.42 Å². The molecule has 3 N–H and O–H groups in total. The van der Waals surface area contributed by atoms with Crippen molar-refractivity contribution in [2.24, 2.45) is 0 Å². The van der Waals surface area contributed by atoms with Crippen LogP contribution in [0.1, 0.15) is 0 Å². The summed E-state index contributed by atoms with van der Waals surface area (Å²) in [5.74, 6) is -0.521. The van der Waals surface area contributed by atoms with Gasteiger partial charge in [-0.2, -0.15) is 0 Å². The van der Waals surface area contributed by atoms with Gasteiger partial charge in [-0.1, -0.05) is 0 Å². The van der Waals surface area contributed by atoms with Gasteiger partial charge in [-0.25, -0.2) is 12.8 Å². The zero-order chi connectivity index (χ0) is 13.3. The Morgan fingerprint density at radius 3 is 2.61 bits per heavy atom. The SMILES string of the molecule is Nc1cc(F)ccc1NS(=O)(=O)c1sccc1Br. The summed E-state index contributed by atoms with van der Waals surface area (Å²) >= 11 is 4.22. The molecule has 8 heteroatoms. The Morgan fingerprint density at radius 1 is 1.33 bits per heavy atom. The van der Waals surface area contributed by atoms with Crippen LogP contribution in [0.4, 0.5) is 15.8 Å². The highest BCUT2D eigenvalue weighted by Crippen LogP contribution is 2.30. The first kappa shape index (κ1) is 13.3. The normalized spacial score (nSPS) is 11.4. The molecule has 0 bridgehead atoms. The Morgan fingerprint density at radius 2 is 2.06 bits per heavy atom. The summed E-state index contributed by atoms with van der Waals surface area (Å²) in [6.45, 7) is 0. The number of nitrogens with two attached hydrogens (primary N) is 1. The lowest BCUT2D eigenvalue weighted by Gasteiger charge is -2.09. The number of anilines is 2. The molecule has 0 atom stereocenters. The lowest BCUT2D eigenvalue weighted by molar-refractivity contribution is 0.602. The second-order valence-electron chi connectivity index (χ2n) is 3.39. The molecule has 0 fully saturated rings. The van der Waals surface area contributed by atoms with E-state index in [9.17, 15) is 12.8 Å². The molecule has 0 amide bonds. The predicted molar refractivity (Wildman–Crippen MR) is 73.6 cm³/mol. The number of benzene rings is 1. The van der Waals surface area contributed by atoms with Crippen LogP contribution in [0.25, 0.3) is 0 Å². The fourth-order valence-corrected chi connectivity index (χ4v) is 4.72. The van der Waals surface area contributed by atoms with Gasteiger partial charge in [-0.15, -0.1) is 11.3 Å². The minimum Gasteiger partial charge on any atom is -0.397 e. The second kappa shape index (κ2) is 4.87. The number of nitrogens with one attached hydrogen (secondary N) is 1. The molecule has 0 spiro atoms. The van der Waals surface area contributed by atoms with Gasteiger partial charge in [0.25, 0.3) is 10.0 Å². The molecule has 0 saturated heterocycles. The van der Waals surface area contributed by atoms with Crippen molar-refractivity contribution in [3.8, 4) is 0 Å². The quantitative estimate of drug-likeness (QED) is 0.835. The van der Waals surface area contributed by atoms with Crippen molar-refractivity contribution in [3.05, 3.63) is 39.9 Å². The van der Waals surface area contributed by atoms with Crippen molar-refractivity contribution in [2.75, 3.05) is 10.5 Å². The van der Waals surface area contributed by atoms with Gasteiger partial charge < -0.3 is 5.73 Å². The maximum Gasteiger partial charge on any atom is 0.272 e. The molecule has 1 aromatic heterocycles. The van der Waals surface area contributed by atoms with Crippen LogP contribution in [0.5, 0.6) is 0 Å². The minimum absolute atomic E-state index is 0.0336. The summed E-state index contributed by atoms with van der Waals surface area (Å²) in [4.78, 5) is 0. The Bertz CT molecular complexity index is 685. The van der Waals surface area contributed by atoms with Gasteiger partial charge in [-0.3, -0.25) is 4.72 Å². The van der Waals surface area contributed by atoms with Crippen LogP contribution < -0.4 is 10.5 Å². The molecule has 0 aliphatic heterocycles. The van der Waals surface area contributed by atoms with Crippen molar-refractivity contribution in [2.45, 2.75) is 4.21 Å². The Labute approximate surface area is 116 Å². The van der Waals surface area contributed by atoms with Gasteiger partial charge in [0.05, 0.1) is 11.4 Å². The van der Waals surface area contributed by atoms with Crippen LogP contribution in [0.2, 0.25) is 0 Å². The molecule has 1 aromatic carbocycles. The molecular weight excluding hydrogens is 343 g/mol. The van der Waals surface area contributed by atoms with Gasteiger partial charge in [0.15, 0.2) is 4.21 Å². The minimum atomic E-state index is -3.72. The standard InChI is InChI=1S/C10H8BrFN2O2S2/c11-7-3-4-17-10(7)18(15,16)14-9-2-1-6(12)5-8(9)13/h1-5,14H,13H2. The fraction of sp³-hybridized carbons (Fsp3) is 0. The lowest BCUT2D eigenvalue weighted by atomic mass is 10.3. The third kappa shape index (κ3) is 2.65. The number of thiophene rings is 1. The van der Waals surface area contributed by atoms with Crippen molar-refractivity contribution >= 4 is 48.7 Å². The third-order valence-corrected chi connectivity index (χ3v) is 6.12. The average molecular weight is 351 g/mol. The highest BCUT2D eigenvalue weighted by molar-refractivity contribution is 9.10. The molecule has 0 saturated carbocycles. The van der Waals surface area contributed by atoms with Crippen LogP contribution in [0, 0.1) is 5.82 Å². The zero-order valence-corrected chi connectivity index (χ0v) is 12.1. The number of halogens is 2. The highest BCUT2D eigenvalue weighted by atomic mass is 79.9. The molecule has 0 aliphatic carbocycles. The molecule has 4 nitrogen and oxygen atoms in total. The Kier molecular flexibility index (Phi) is 3.60. The fourth-order valence-electron chi connectivity index (χ4n) is 1.29. The lowest BCUT2D eigenvalue weighted by Crippen LogP contribution is -2.13. The van der Waals surface area contributed by atoms with Gasteiger partial charge in [0.2, 0.25) is 0 Å².